The van der Waals surface area contributed by atoms with Gasteiger partial charge < -0.3 is 15.7 Å². The van der Waals surface area contributed by atoms with Crippen molar-refractivity contribution < 1.29 is 14.7 Å². The summed E-state index contributed by atoms with van der Waals surface area (Å²) >= 11 is 0. The van der Waals surface area contributed by atoms with Gasteiger partial charge in [0.05, 0.1) is 5.92 Å². The van der Waals surface area contributed by atoms with Gasteiger partial charge in [0, 0.05) is 19.5 Å². The molecule has 104 valence electrons. The van der Waals surface area contributed by atoms with Crippen molar-refractivity contribution in [1.82, 2.24) is 10.6 Å². The predicted octanol–water partition coefficient (Wildman–Crippen LogP) is 0.993. The second-order valence-electron chi connectivity index (χ2n) is 4.96. The van der Waals surface area contributed by atoms with Gasteiger partial charge in [-0.2, -0.15) is 0 Å². The molecule has 0 aromatic heterocycles. The highest BCUT2D eigenvalue weighted by molar-refractivity contribution is 5.76. The largest absolute Gasteiger partial charge is 0.481 e. The molecule has 0 bridgehead atoms. The number of carbonyl (C=O) groups is 2. The van der Waals surface area contributed by atoms with Gasteiger partial charge >= 0.3 is 5.97 Å². The van der Waals surface area contributed by atoms with Crippen LogP contribution in [0.3, 0.4) is 0 Å². The molecule has 18 heavy (non-hydrogen) atoms. The Kier molecular flexibility index (Phi) is 6.72. The van der Waals surface area contributed by atoms with E-state index in [1.165, 1.54) is 0 Å². The van der Waals surface area contributed by atoms with Gasteiger partial charge in [-0.15, -0.1) is 0 Å². The third-order valence-electron chi connectivity index (χ3n) is 3.56. The standard InChI is InChI=1S/C13H24N2O3/c1-2-14-8-7-12(16)15-9-10-3-5-11(6-4-10)13(17)18/h10-11,14H,2-9H2,1H3,(H,15,16)(H,17,18). The maximum absolute atomic E-state index is 11.5. The Hall–Kier alpha value is -1.10. The average Bonchev–Trinajstić information content (AvgIpc) is 2.37. The summed E-state index contributed by atoms with van der Waals surface area (Å²) in [4.78, 5) is 22.3. The third kappa shape index (κ3) is 5.49. The number of hydrogen-bond acceptors (Lipinski definition) is 3. The quantitative estimate of drug-likeness (QED) is 0.594. The lowest BCUT2D eigenvalue weighted by atomic mass is 9.82. The van der Waals surface area contributed by atoms with Crippen molar-refractivity contribution in [2.45, 2.75) is 39.0 Å². The van der Waals surface area contributed by atoms with Gasteiger partial charge in [0.25, 0.3) is 0 Å². The molecule has 0 aliphatic heterocycles. The van der Waals surface area contributed by atoms with Gasteiger partial charge in [-0.1, -0.05) is 6.92 Å². The van der Waals surface area contributed by atoms with Crippen LogP contribution in [0, 0.1) is 11.8 Å². The molecular weight excluding hydrogens is 232 g/mol. The van der Waals surface area contributed by atoms with Crippen LogP contribution in [-0.2, 0) is 9.59 Å². The summed E-state index contributed by atoms with van der Waals surface area (Å²) in [7, 11) is 0. The zero-order valence-corrected chi connectivity index (χ0v) is 11.1. The normalized spacial score (nSPS) is 23.6. The first kappa shape index (κ1) is 15.0. The zero-order chi connectivity index (χ0) is 13.4. The summed E-state index contributed by atoms with van der Waals surface area (Å²) in [5.74, 6) is -0.325. The van der Waals surface area contributed by atoms with E-state index in [1.807, 2.05) is 6.92 Å². The lowest BCUT2D eigenvalue weighted by molar-refractivity contribution is -0.143. The molecule has 5 heteroatoms. The lowest BCUT2D eigenvalue weighted by Gasteiger charge is -2.26. The first-order valence-electron chi connectivity index (χ1n) is 6.83. The van der Waals surface area contributed by atoms with E-state index in [-0.39, 0.29) is 11.8 Å². The van der Waals surface area contributed by atoms with Crippen LogP contribution in [0.2, 0.25) is 0 Å². The molecule has 1 aliphatic carbocycles. The SMILES string of the molecule is CCNCCC(=O)NCC1CCC(C(=O)O)CC1. The van der Waals surface area contributed by atoms with Gasteiger partial charge in [0.1, 0.15) is 0 Å². The van der Waals surface area contributed by atoms with E-state index in [4.69, 9.17) is 5.11 Å². The van der Waals surface area contributed by atoms with Crippen molar-refractivity contribution >= 4 is 11.9 Å². The molecular formula is C13H24N2O3. The number of aliphatic carboxylic acids is 1. The Morgan fingerprint density at radius 2 is 1.89 bits per heavy atom. The summed E-state index contributed by atoms with van der Waals surface area (Å²) in [5.41, 5.74) is 0. The highest BCUT2D eigenvalue weighted by atomic mass is 16.4. The molecule has 0 saturated heterocycles. The molecule has 1 fully saturated rings. The number of carbonyl (C=O) groups excluding carboxylic acids is 1. The van der Waals surface area contributed by atoms with Gasteiger partial charge in [-0.05, 0) is 38.1 Å². The van der Waals surface area contributed by atoms with Crippen LogP contribution in [0.25, 0.3) is 0 Å². The molecule has 1 saturated carbocycles. The molecule has 0 unspecified atom stereocenters. The van der Waals surface area contributed by atoms with Crippen LogP contribution in [-0.4, -0.2) is 36.6 Å². The molecule has 1 aliphatic rings. The lowest BCUT2D eigenvalue weighted by Crippen LogP contribution is -2.33. The van der Waals surface area contributed by atoms with Crippen LogP contribution < -0.4 is 10.6 Å². The second-order valence-corrected chi connectivity index (χ2v) is 4.96. The molecule has 3 N–H and O–H groups in total. The summed E-state index contributed by atoms with van der Waals surface area (Å²) in [5, 5.41) is 14.9. The number of carboxylic acid groups (broad SMARTS) is 1. The van der Waals surface area contributed by atoms with Crippen molar-refractivity contribution in [2.75, 3.05) is 19.6 Å². The molecule has 0 aromatic carbocycles. The highest BCUT2D eigenvalue weighted by Gasteiger charge is 2.25. The molecule has 0 spiro atoms. The zero-order valence-electron chi connectivity index (χ0n) is 11.1. The van der Waals surface area contributed by atoms with Crippen LogP contribution in [0.1, 0.15) is 39.0 Å². The molecule has 0 atom stereocenters. The summed E-state index contributed by atoms with van der Waals surface area (Å²) in [6.07, 6.45) is 3.81. The van der Waals surface area contributed by atoms with E-state index in [0.29, 0.717) is 25.4 Å². The molecule has 1 rings (SSSR count). The van der Waals surface area contributed by atoms with Gasteiger partial charge in [0.15, 0.2) is 0 Å². The van der Waals surface area contributed by atoms with E-state index >= 15 is 0 Å². The maximum atomic E-state index is 11.5. The smallest absolute Gasteiger partial charge is 0.306 e. The van der Waals surface area contributed by atoms with Crippen LogP contribution in [0.4, 0.5) is 0 Å². The molecule has 5 nitrogen and oxygen atoms in total. The minimum atomic E-state index is -0.678. The third-order valence-corrected chi connectivity index (χ3v) is 3.56. The van der Waals surface area contributed by atoms with E-state index in [1.54, 1.807) is 0 Å². The molecule has 1 amide bonds. The maximum Gasteiger partial charge on any atom is 0.306 e. The first-order valence-corrected chi connectivity index (χ1v) is 6.83. The van der Waals surface area contributed by atoms with Gasteiger partial charge in [-0.25, -0.2) is 0 Å². The number of nitrogens with one attached hydrogen (secondary N) is 2. The molecule has 0 heterocycles. The van der Waals surface area contributed by atoms with Crippen molar-refractivity contribution in [2.24, 2.45) is 11.8 Å². The Labute approximate surface area is 108 Å². The Bertz CT molecular complexity index is 273. The number of carboxylic acids is 1. The van der Waals surface area contributed by atoms with Crippen molar-refractivity contribution in [3.05, 3.63) is 0 Å². The minimum Gasteiger partial charge on any atom is -0.481 e. The molecule has 0 aromatic rings. The van der Waals surface area contributed by atoms with Crippen LogP contribution in [0.15, 0.2) is 0 Å². The number of amides is 1. The fraction of sp³-hybridized carbons (Fsp3) is 0.846. The Balaban J connectivity index is 2.10. The Morgan fingerprint density at radius 3 is 2.44 bits per heavy atom. The Morgan fingerprint density at radius 1 is 1.22 bits per heavy atom. The van der Waals surface area contributed by atoms with Gasteiger partial charge in [-0.3, -0.25) is 9.59 Å². The summed E-state index contributed by atoms with van der Waals surface area (Å²) in [6.45, 7) is 4.30. The monoisotopic (exact) mass is 256 g/mol. The average molecular weight is 256 g/mol. The fourth-order valence-corrected chi connectivity index (χ4v) is 2.34. The first-order chi connectivity index (χ1) is 8.63. The topological polar surface area (TPSA) is 78.4 Å². The fourth-order valence-electron chi connectivity index (χ4n) is 2.34. The van der Waals surface area contributed by atoms with Crippen LogP contribution in [0.5, 0.6) is 0 Å². The second kappa shape index (κ2) is 8.08. The van der Waals surface area contributed by atoms with E-state index in [9.17, 15) is 9.59 Å². The number of hydrogen-bond donors (Lipinski definition) is 3. The number of rotatable bonds is 7. The van der Waals surface area contributed by atoms with E-state index in [2.05, 4.69) is 10.6 Å². The minimum absolute atomic E-state index is 0.0799. The van der Waals surface area contributed by atoms with Crippen molar-refractivity contribution in [3.63, 3.8) is 0 Å². The van der Waals surface area contributed by atoms with E-state index in [0.717, 1.165) is 32.2 Å². The van der Waals surface area contributed by atoms with Crippen molar-refractivity contribution in [3.8, 4) is 0 Å². The van der Waals surface area contributed by atoms with Crippen molar-refractivity contribution in [1.29, 1.82) is 0 Å². The van der Waals surface area contributed by atoms with Crippen LogP contribution >= 0.6 is 0 Å². The van der Waals surface area contributed by atoms with E-state index < -0.39 is 5.97 Å². The summed E-state index contributed by atoms with van der Waals surface area (Å²) in [6, 6.07) is 0. The molecule has 0 radical (unpaired) electrons. The van der Waals surface area contributed by atoms with Gasteiger partial charge in [0.2, 0.25) is 5.91 Å². The summed E-state index contributed by atoms with van der Waals surface area (Å²) < 4.78 is 0. The highest BCUT2D eigenvalue weighted by Crippen LogP contribution is 2.28. The predicted molar refractivity (Wildman–Crippen MR) is 69.3 cm³/mol.